The number of hydrogen-bond donors (Lipinski definition) is 2. The molecule has 3 unspecified atom stereocenters. The molecular formula is C11H21N3. The van der Waals surface area contributed by atoms with Gasteiger partial charge in [-0.05, 0) is 44.2 Å². The summed E-state index contributed by atoms with van der Waals surface area (Å²) in [6.45, 7) is 4.07. The molecule has 0 aliphatic heterocycles. The second-order valence-electron chi connectivity index (χ2n) is 4.41. The zero-order valence-corrected chi connectivity index (χ0v) is 9.16. The van der Waals surface area contributed by atoms with Gasteiger partial charge in [0.2, 0.25) is 0 Å². The second kappa shape index (κ2) is 5.13. The van der Waals surface area contributed by atoms with Gasteiger partial charge < -0.3 is 11.1 Å². The normalized spacial score (nSPS) is 35.0. The summed E-state index contributed by atoms with van der Waals surface area (Å²) in [4.78, 5) is 4.47. The topological polar surface area (TPSA) is 62.2 Å². The molecular weight excluding hydrogens is 174 g/mol. The van der Waals surface area contributed by atoms with E-state index in [1.54, 1.807) is 6.21 Å². The first kappa shape index (κ1) is 11.2. The summed E-state index contributed by atoms with van der Waals surface area (Å²) in [6, 6.07) is 0.380. The maximum absolute atomic E-state index is 7.31. The minimum atomic E-state index is 0.380. The molecule has 0 saturated heterocycles. The van der Waals surface area contributed by atoms with Crippen LogP contribution in [0.2, 0.25) is 0 Å². The molecule has 0 radical (unpaired) electrons. The van der Waals surface area contributed by atoms with Crippen LogP contribution < -0.4 is 5.73 Å². The zero-order valence-electron chi connectivity index (χ0n) is 9.16. The first-order chi connectivity index (χ1) is 6.63. The van der Waals surface area contributed by atoms with Gasteiger partial charge in [0.25, 0.3) is 0 Å². The highest BCUT2D eigenvalue weighted by atomic mass is 14.9. The third-order valence-electron chi connectivity index (χ3n) is 3.01. The van der Waals surface area contributed by atoms with Gasteiger partial charge in [-0.25, -0.2) is 0 Å². The molecule has 1 aliphatic carbocycles. The third kappa shape index (κ3) is 3.13. The van der Waals surface area contributed by atoms with E-state index in [1.807, 2.05) is 6.92 Å². The predicted octanol–water partition coefficient (Wildman–Crippen LogP) is 2.21. The van der Waals surface area contributed by atoms with Crippen LogP contribution in [0.25, 0.3) is 0 Å². The first-order valence-electron chi connectivity index (χ1n) is 5.44. The molecule has 14 heavy (non-hydrogen) atoms. The Labute approximate surface area is 86.3 Å². The number of nitrogens with one attached hydrogen (secondary N) is 1. The Morgan fingerprint density at radius 3 is 2.79 bits per heavy atom. The summed E-state index contributed by atoms with van der Waals surface area (Å²) in [7, 11) is 0. The molecule has 1 aliphatic rings. The van der Waals surface area contributed by atoms with E-state index in [1.165, 1.54) is 6.42 Å². The molecule has 3 heteroatoms. The maximum atomic E-state index is 7.31. The maximum Gasteiger partial charge on any atom is 0.0909 e. The zero-order chi connectivity index (χ0) is 10.6. The average Bonchev–Trinajstić information content (AvgIpc) is 2.28. The Balaban J connectivity index is 2.62. The number of nitrogens with two attached hydrogens (primary N) is 1. The van der Waals surface area contributed by atoms with Crippen molar-refractivity contribution in [3.63, 3.8) is 0 Å². The van der Waals surface area contributed by atoms with E-state index in [4.69, 9.17) is 11.1 Å². The van der Waals surface area contributed by atoms with Gasteiger partial charge in [0.05, 0.1) is 11.9 Å². The molecule has 1 fully saturated rings. The molecule has 0 aromatic heterocycles. The molecule has 1 rings (SSSR count). The van der Waals surface area contributed by atoms with Crippen LogP contribution in [0.3, 0.4) is 0 Å². The molecule has 3 N–H and O–H groups in total. The van der Waals surface area contributed by atoms with Crippen LogP contribution in [-0.4, -0.2) is 18.1 Å². The Morgan fingerprint density at radius 1 is 1.50 bits per heavy atom. The summed E-state index contributed by atoms with van der Waals surface area (Å²) in [5.41, 5.74) is 5.61. The van der Waals surface area contributed by atoms with E-state index < -0.39 is 0 Å². The molecule has 0 aromatic carbocycles. The Kier molecular flexibility index (Phi) is 4.11. The van der Waals surface area contributed by atoms with Gasteiger partial charge in [-0.2, -0.15) is 0 Å². The van der Waals surface area contributed by atoms with E-state index in [0.717, 1.165) is 19.3 Å². The van der Waals surface area contributed by atoms with Crippen LogP contribution in [0.4, 0.5) is 0 Å². The van der Waals surface area contributed by atoms with E-state index >= 15 is 0 Å². The molecule has 0 aromatic rings. The summed E-state index contributed by atoms with van der Waals surface area (Å²) in [5, 5.41) is 7.31. The molecule has 1 saturated carbocycles. The molecule has 0 heterocycles. The largest absolute Gasteiger partial charge is 0.388 e. The second-order valence-corrected chi connectivity index (χ2v) is 4.41. The van der Waals surface area contributed by atoms with Crippen molar-refractivity contribution in [2.24, 2.45) is 22.6 Å². The van der Waals surface area contributed by atoms with Crippen molar-refractivity contribution >= 4 is 12.1 Å². The van der Waals surface area contributed by atoms with Crippen LogP contribution in [0.5, 0.6) is 0 Å². The Morgan fingerprint density at radius 2 is 2.21 bits per heavy atom. The fourth-order valence-corrected chi connectivity index (χ4v) is 2.23. The van der Waals surface area contributed by atoms with E-state index in [2.05, 4.69) is 11.9 Å². The summed E-state index contributed by atoms with van der Waals surface area (Å²) in [6.07, 6.45) is 6.12. The van der Waals surface area contributed by atoms with Crippen molar-refractivity contribution in [1.82, 2.24) is 0 Å². The van der Waals surface area contributed by atoms with Crippen LogP contribution in [0, 0.1) is 17.2 Å². The minimum Gasteiger partial charge on any atom is -0.388 e. The molecule has 3 nitrogen and oxygen atoms in total. The van der Waals surface area contributed by atoms with Crippen molar-refractivity contribution in [3.8, 4) is 0 Å². The highest BCUT2D eigenvalue weighted by molar-refractivity contribution is 5.77. The van der Waals surface area contributed by atoms with Gasteiger partial charge in [0.1, 0.15) is 0 Å². The number of amidine groups is 1. The monoisotopic (exact) mass is 195 g/mol. The van der Waals surface area contributed by atoms with E-state index in [9.17, 15) is 0 Å². The SMILES string of the molecule is CC(N)=NC1CCCC(C=N)CC1C. The van der Waals surface area contributed by atoms with Crippen molar-refractivity contribution in [3.05, 3.63) is 0 Å². The van der Waals surface area contributed by atoms with Gasteiger partial charge in [-0.15, -0.1) is 0 Å². The fraction of sp³-hybridized carbons (Fsp3) is 0.818. The Hall–Kier alpha value is -0.860. The lowest BCUT2D eigenvalue weighted by Gasteiger charge is -2.18. The molecule has 0 bridgehead atoms. The lowest BCUT2D eigenvalue weighted by molar-refractivity contribution is 0.417. The molecule has 0 spiro atoms. The summed E-state index contributed by atoms with van der Waals surface area (Å²) >= 11 is 0. The van der Waals surface area contributed by atoms with Crippen LogP contribution in [-0.2, 0) is 0 Å². The number of rotatable bonds is 2. The Bertz CT molecular complexity index is 219. The van der Waals surface area contributed by atoms with Gasteiger partial charge >= 0.3 is 0 Å². The third-order valence-corrected chi connectivity index (χ3v) is 3.01. The van der Waals surface area contributed by atoms with Gasteiger partial charge in [-0.1, -0.05) is 13.3 Å². The highest BCUT2D eigenvalue weighted by Crippen LogP contribution is 2.28. The standard InChI is InChI=1S/C11H21N3/c1-8-6-10(7-12)4-3-5-11(8)14-9(2)13/h7-8,10-12H,3-6H2,1-2H3,(H2,13,14). The van der Waals surface area contributed by atoms with Gasteiger partial charge in [0.15, 0.2) is 0 Å². The molecule has 3 atom stereocenters. The quantitative estimate of drug-likeness (QED) is 0.396. The first-order valence-corrected chi connectivity index (χ1v) is 5.44. The summed E-state index contributed by atoms with van der Waals surface area (Å²) < 4.78 is 0. The average molecular weight is 195 g/mol. The van der Waals surface area contributed by atoms with Crippen molar-refractivity contribution in [2.75, 3.05) is 0 Å². The fourth-order valence-electron chi connectivity index (χ4n) is 2.23. The predicted molar refractivity (Wildman–Crippen MR) is 61.0 cm³/mol. The lowest BCUT2D eigenvalue weighted by Crippen LogP contribution is -2.20. The van der Waals surface area contributed by atoms with Crippen molar-refractivity contribution < 1.29 is 0 Å². The van der Waals surface area contributed by atoms with E-state index in [0.29, 0.717) is 23.7 Å². The van der Waals surface area contributed by atoms with Crippen LogP contribution in [0.15, 0.2) is 4.99 Å². The number of nitrogens with zero attached hydrogens (tertiary/aromatic N) is 1. The molecule has 0 amide bonds. The minimum absolute atomic E-state index is 0.380. The summed E-state index contributed by atoms with van der Waals surface area (Å²) in [5.74, 6) is 1.71. The smallest absolute Gasteiger partial charge is 0.0909 e. The van der Waals surface area contributed by atoms with Crippen molar-refractivity contribution in [2.45, 2.75) is 45.6 Å². The van der Waals surface area contributed by atoms with Crippen LogP contribution in [0.1, 0.15) is 39.5 Å². The van der Waals surface area contributed by atoms with Gasteiger partial charge in [0, 0.05) is 0 Å². The van der Waals surface area contributed by atoms with E-state index in [-0.39, 0.29) is 0 Å². The number of aliphatic imine (C=N–C) groups is 1. The van der Waals surface area contributed by atoms with Crippen molar-refractivity contribution in [1.29, 1.82) is 5.41 Å². The highest BCUT2D eigenvalue weighted by Gasteiger charge is 2.23. The number of hydrogen-bond acceptors (Lipinski definition) is 2. The molecule has 80 valence electrons. The van der Waals surface area contributed by atoms with Gasteiger partial charge in [-0.3, -0.25) is 4.99 Å². The van der Waals surface area contributed by atoms with Crippen LogP contribution >= 0.6 is 0 Å². The lowest BCUT2D eigenvalue weighted by atomic mass is 9.93.